The Balaban J connectivity index is 1.09. The largest absolute Gasteiger partial charge is 0.347 e. The SMILES string of the molecule is O=C(NC1CCCC[C@@H]1NC(=O)c1c(P(c2ccccc2)c2ccccc2)ccc2ccccc12)c1c(P(c2ccccc2)c2ccccc2)ccc2ccccc12. The molecule has 0 bridgehead atoms. The Morgan fingerprint density at radius 1 is 0.379 bits per heavy atom. The number of hydrogen-bond acceptors (Lipinski definition) is 2. The number of fused-ring (bicyclic) bond motifs is 2. The Kier molecular flexibility index (Phi) is 11.2. The molecule has 0 heterocycles. The van der Waals surface area contributed by atoms with Gasteiger partial charge in [-0.1, -0.05) is 207 Å². The number of amides is 2. The highest BCUT2D eigenvalue weighted by Gasteiger charge is 2.33. The summed E-state index contributed by atoms with van der Waals surface area (Å²) in [6.45, 7) is 0. The van der Waals surface area contributed by atoms with Crippen LogP contribution in [0.25, 0.3) is 21.5 Å². The van der Waals surface area contributed by atoms with Gasteiger partial charge in [0.05, 0.1) is 11.1 Å². The molecule has 1 aliphatic carbocycles. The van der Waals surface area contributed by atoms with E-state index in [1.54, 1.807) is 0 Å². The lowest BCUT2D eigenvalue weighted by molar-refractivity contribution is 0.0865. The molecular formula is C52H44N2O2P2. The molecule has 1 unspecified atom stereocenters. The number of benzene rings is 8. The lowest BCUT2D eigenvalue weighted by Crippen LogP contribution is -2.54. The van der Waals surface area contributed by atoms with Gasteiger partial charge in [-0.15, -0.1) is 0 Å². The Morgan fingerprint density at radius 3 is 1.03 bits per heavy atom. The highest BCUT2D eigenvalue weighted by Crippen LogP contribution is 2.38. The standard InChI is InChI=1S/C52H44N2O2P2/c55-51(49-43-29-15-13-19-37(43)33-35-47(49)57(39-21-5-1-6-22-39)40-23-7-2-8-24-40)53-45-31-17-18-32-46(45)54-52(56)50-44-30-16-14-20-38(44)34-36-48(50)58(41-25-9-3-10-26-41)42-27-11-4-12-28-42/h1-16,19-30,33-36,45-46H,17-18,31-32H2,(H,53,55)(H,54,56)/t45-,46?/m0/s1. The molecule has 1 aliphatic rings. The zero-order chi connectivity index (χ0) is 39.3. The lowest BCUT2D eigenvalue weighted by Gasteiger charge is -2.34. The van der Waals surface area contributed by atoms with Crippen LogP contribution in [0, 0.1) is 0 Å². The molecule has 58 heavy (non-hydrogen) atoms. The van der Waals surface area contributed by atoms with Crippen molar-refractivity contribution in [3.05, 3.63) is 205 Å². The maximum Gasteiger partial charge on any atom is 0.252 e. The minimum Gasteiger partial charge on any atom is -0.347 e. The van der Waals surface area contributed by atoms with Crippen molar-refractivity contribution in [1.82, 2.24) is 10.6 Å². The van der Waals surface area contributed by atoms with Crippen LogP contribution in [-0.2, 0) is 0 Å². The third kappa shape index (κ3) is 7.71. The van der Waals surface area contributed by atoms with Crippen LogP contribution >= 0.6 is 15.8 Å². The molecular weight excluding hydrogens is 747 g/mol. The minimum atomic E-state index is -1.05. The molecule has 8 aromatic rings. The van der Waals surface area contributed by atoms with E-state index in [9.17, 15) is 0 Å². The van der Waals surface area contributed by atoms with E-state index in [2.05, 4.69) is 156 Å². The van der Waals surface area contributed by atoms with Gasteiger partial charge in [0.2, 0.25) is 0 Å². The van der Waals surface area contributed by atoms with Gasteiger partial charge in [-0.3, -0.25) is 9.59 Å². The number of hydrogen-bond donors (Lipinski definition) is 2. The summed E-state index contributed by atoms with van der Waals surface area (Å²) in [5, 5.41) is 17.8. The Labute approximate surface area is 342 Å². The van der Waals surface area contributed by atoms with Crippen LogP contribution < -0.4 is 42.5 Å². The molecule has 0 saturated heterocycles. The zero-order valence-corrected chi connectivity index (χ0v) is 34.0. The van der Waals surface area contributed by atoms with Crippen molar-refractivity contribution in [3.8, 4) is 0 Å². The van der Waals surface area contributed by atoms with Crippen molar-refractivity contribution < 1.29 is 9.59 Å². The van der Waals surface area contributed by atoms with Crippen molar-refractivity contribution in [3.63, 3.8) is 0 Å². The van der Waals surface area contributed by atoms with Gasteiger partial charge in [0.1, 0.15) is 0 Å². The molecule has 0 radical (unpaired) electrons. The monoisotopic (exact) mass is 790 g/mol. The van der Waals surface area contributed by atoms with Crippen molar-refractivity contribution in [2.24, 2.45) is 0 Å². The van der Waals surface area contributed by atoms with Gasteiger partial charge < -0.3 is 10.6 Å². The number of nitrogens with one attached hydrogen (secondary N) is 2. The van der Waals surface area contributed by atoms with Crippen molar-refractivity contribution in [1.29, 1.82) is 0 Å². The molecule has 284 valence electrons. The Morgan fingerprint density at radius 2 is 0.690 bits per heavy atom. The van der Waals surface area contributed by atoms with E-state index >= 15 is 9.59 Å². The molecule has 0 aromatic heterocycles. The summed E-state index contributed by atoms with van der Waals surface area (Å²) in [4.78, 5) is 30.1. The van der Waals surface area contributed by atoms with Crippen LogP contribution in [0.2, 0.25) is 0 Å². The highest BCUT2D eigenvalue weighted by atomic mass is 31.1. The van der Waals surface area contributed by atoms with Gasteiger partial charge in [-0.25, -0.2) is 0 Å². The summed E-state index contributed by atoms with van der Waals surface area (Å²) in [6.07, 6.45) is 3.53. The van der Waals surface area contributed by atoms with E-state index in [1.807, 2.05) is 48.5 Å². The third-order valence-electron chi connectivity index (χ3n) is 11.2. The molecule has 2 N–H and O–H groups in total. The van der Waals surface area contributed by atoms with Gasteiger partial charge in [0.25, 0.3) is 11.8 Å². The van der Waals surface area contributed by atoms with E-state index in [-0.39, 0.29) is 23.9 Å². The second-order valence-electron chi connectivity index (χ2n) is 14.8. The quantitative estimate of drug-likeness (QED) is 0.136. The maximum atomic E-state index is 15.0. The van der Waals surface area contributed by atoms with Crippen LogP contribution in [0.15, 0.2) is 194 Å². The molecule has 0 aliphatic heterocycles. The Bertz CT molecular complexity index is 2420. The minimum absolute atomic E-state index is 0.0974. The van der Waals surface area contributed by atoms with E-state index in [0.29, 0.717) is 11.1 Å². The topological polar surface area (TPSA) is 58.2 Å². The molecule has 0 spiro atoms. The molecule has 4 nitrogen and oxygen atoms in total. The van der Waals surface area contributed by atoms with Gasteiger partial charge in [-0.2, -0.15) is 0 Å². The second-order valence-corrected chi connectivity index (χ2v) is 19.2. The molecule has 1 saturated carbocycles. The highest BCUT2D eigenvalue weighted by molar-refractivity contribution is 7.80. The first-order valence-electron chi connectivity index (χ1n) is 20.1. The fourth-order valence-corrected chi connectivity index (χ4v) is 13.4. The predicted octanol–water partition coefficient (Wildman–Crippen LogP) is 8.98. The van der Waals surface area contributed by atoms with Crippen LogP contribution in [0.4, 0.5) is 0 Å². The van der Waals surface area contributed by atoms with Crippen LogP contribution in [0.3, 0.4) is 0 Å². The molecule has 8 aromatic carbocycles. The predicted molar refractivity (Wildman–Crippen MR) is 246 cm³/mol. The van der Waals surface area contributed by atoms with Gasteiger partial charge in [-0.05, 0) is 82.1 Å². The molecule has 1 fully saturated rings. The van der Waals surface area contributed by atoms with Crippen LogP contribution in [0.1, 0.15) is 46.4 Å². The van der Waals surface area contributed by atoms with Crippen LogP contribution in [-0.4, -0.2) is 23.9 Å². The molecule has 2 amide bonds. The van der Waals surface area contributed by atoms with Crippen molar-refractivity contribution in [2.45, 2.75) is 37.8 Å². The second kappa shape index (κ2) is 17.3. The van der Waals surface area contributed by atoms with Gasteiger partial charge >= 0.3 is 0 Å². The van der Waals surface area contributed by atoms with Crippen molar-refractivity contribution in [2.75, 3.05) is 0 Å². The first-order chi connectivity index (χ1) is 28.6. The first-order valence-corrected chi connectivity index (χ1v) is 22.8. The number of carbonyl (C=O) groups excluding carboxylic acids is 2. The first kappa shape index (κ1) is 37.6. The van der Waals surface area contributed by atoms with E-state index < -0.39 is 15.8 Å². The number of rotatable bonds is 10. The Hall–Kier alpha value is -5.92. The summed E-state index contributed by atoms with van der Waals surface area (Å²) in [5.41, 5.74) is 1.42. The van der Waals surface area contributed by atoms with Gasteiger partial charge in [0, 0.05) is 12.1 Å². The summed E-state index contributed by atoms with van der Waals surface area (Å²) in [5.74, 6) is -0.195. The molecule has 2 atom stereocenters. The van der Waals surface area contributed by atoms with Crippen LogP contribution in [0.5, 0.6) is 0 Å². The number of carbonyl (C=O) groups is 2. The summed E-state index contributed by atoms with van der Waals surface area (Å²) >= 11 is 0. The summed E-state index contributed by atoms with van der Waals surface area (Å²) in [6, 6.07) is 66.7. The molecule has 6 heteroatoms. The normalized spacial score (nSPS) is 15.4. The van der Waals surface area contributed by atoms with E-state index in [0.717, 1.165) is 57.8 Å². The average molecular weight is 791 g/mol. The third-order valence-corrected chi connectivity index (χ3v) is 16.2. The maximum absolute atomic E-state index is 15.0. The van der Waals surface area contributed by atoms with E-state index in [4.69, 9.17) is 0 Å². The van der Waals surface area contributed by atoms with Gasteiger partial charge in [0.15, 0.2) is 0 Å². The van der Waals surface area contributed by atoms with E-state index in [1.165, 1.54) is 21.2 Å². The fraction of sp³-hybridized carbons (Fsp3) is 0.115. The summed E-state index contributed by atoms with van der Waals surface area (Å²) < 4.78 is 0. The summed E-state index contributed by atoms with van der Waals surface area (Å²) in [7, 11) is -2.09. The van der Waals surface area contributed by atoms with Crippen molar-refractivity contribution >= 4 is 81.0 Å². The zero-order valence-electron chi connectivity index (χ0n) is 32.2. The average Bonchev–Trinajstić information content (AvgIpc) is 3.28. The fourth-order valence-electron chi connectivity index (χ4n) is 8.49. The smallest absolute Gasteiger partial charge is 0.252 e. The molecule has 9 rings (SSSR count). The lowest BCUT2D eigenvalue weighted by atomic mass is 9.89.